The van der Waals surface area contributed by atoms with E-state index in [1.807, 2.05) is 0 Å². The van der Waals surface area contributed by atoms with Gasteiger partial charge in [-0.25, -0.2) is 4.98 Å². The van der Waals surface area contributed by atoms with Crippen LogP contribution in [0.4, 0.5) is 0 Å². The highest BCUT2D eigenvalue weighted by atomic mass is 32.1. The van der Waals surface area contributed by atoms with Gasteiger partial charge in [-0.2, -0.15) is 0 Å². The predicted octanol–water partition coefficient (Wildman–Crippen LogP) is 2.93. The summed E-state index contributed by atoms with van der Waals surface area (Å²) in [6.45, 7) is 8.21. The summed E-state index contributed by atoms with van der Waals surface area (Å²) in [5, 5.41) is 13.5. The Kier molecular flexibility index (Phi) is 4.35. The van der Waals surface area contributed by atoms with E-state index in [2.05, 4.69) is 45.8 Å². The molecule has 0 spiro atoms. The summed E-state index contributed by atoms with van der Waals surface area (Å²) in [6.07, 6.45) is 4.83. The van der Waals surface area contributed by atoms with Gasteiger partial charge in [0.25, 0.3) is 0 Å². The molecule has 2 aromatic rings. The fraction of sp³-hybridized carbons (Fsp3) is 0.667. The van der Waals surface area contributed by atoms with Crippen molar-refractivity contribution in [2.24, 2.45) is 0 Å². The lowest BCUT2D eigenvalue weighted by Crippen LogP contribution is -2.22. The molecule has 3 rings (SSSR count). The first-order valence-electron chi connectivity index (χ1n) is 7.73. The Morgan fingerprint density at radius 2 is 2.10 bits per heavy atom. The van der Waals surface area contributed by atoms with Gasteiger partial charge < -0.3 is 9.88 Å². The zero-order valence-electron chi connectivity index (χ0n) is 13.0. The molecule has 1 aliphatic heterocycles. The SMILES string of the molecule is Cc1nc(C)c(CNC(C)c2nnc3n2CCCCC3)s1. The second kappa shape index (κ2) is 6.23. The quantitative estimate of drug-likeness (QED) is 0.943. The van der Waals surface area contributed by atoms with Crippen molar-refractivity contribution in [3.05, 3.63) is 27.2 Å². The summed E-state index contributed by atoms with van der Waals surface area (Å²) in [4.78, 5) is 5.79. The van der Waals surface area contributed by atoms with Crippen LogP contribution in [-0.4, -0.2) is 19.7 Å². The molecule has 1 N–H and O–H groups in total. The van der Waals surface area contributed by atoms with Gasteiger partial charge in [0, 0.05) is 24.4 Å². The summed E-state index contributed by atoms with van der Waals surface area (Å²) in [7, 11) is 0. The fourth-order valence-corrected chi connectivity index (χ4v) is 3.79. The van der Waals surface area contributed by atoms with Crippen LogP contribution in [0.15, 0.2) is 0 Å². The minimum absolute atomic E-state index is 0.214. The smallest absolute Gasteiger partial charge is 0.149 e. The van der Waals surface area contributed by atoms with Gasteiger partial charge in [0.05, 0.1) is 16.7 Å². The molecule has 3 heterocycles. The molecular weight excluding hydrogens is 282 g/mol. The largest absolute Gasteiger partial charge is 0.314 e. The minimum atomic E-state index is 0.214. The third kappa shape index (κ3) is 3.16. The van der Waals surface area contributed by atoms with E-state index in [1.165, 1.54) is 24.1 Å². The molecular formula is C15H23N5S. The van der Waals surface area contributed by atoms with E-state index in [4.69, 9.17) is 0 Å². The first kappa shape index (κ1) is 14.7. The normalized spacial score (nSPS) is 16.5. The van der Waals surface area contributed by atoms with Crippen LogP contribution >= 0.6 is 11.3 Å². The van der Waals surface area contributed by atoms with Crippen molar-refractivity contribution in [1.82, 2.24) is 25.1 Å². The lowest BCUT2D eigenvalue weighted by molar-refractivity contribution is 0.503. The standard InChI is InChI=1S/C15H23N5S/c1-10-13(21-12(3)17-10)9-16-11(2)15-19-18-14-7-5-4-6-8-20(14)15/h11,16H,4-9H2,1-3H3. The van der Waals surface area contributed by atoms with E-state index in [0.29, 0.717) is 0 Å². The Balaban J connectivity index is 1.69. The van der Waals surface area contributed by atoms with Gasteiger partial charge in [-0.15, -0.1) is 21.5 Å². The maximum absolute atomic E-state index is 4.48. The van der Waals surface area contributed by atoms with Crippen LogP contribution in [-0.2, 0) is 19.5 Å². The highest BCUT2D eigenvalue weighted by Crippen LogP contribution is 2.21. The monoisotopic (exact) mass is 305 g/mol. The molecule has 114 valence electrons. The molecule has 6 heteroatoms. The summed E-state index contributed by atoms with van der Waals surface area (Å²) in [6, 6.07) is 0.214. The second-order valence-corrected chi connectivity index (χ2v) is 7.07. The van der Waals surface area contributed by atoms with Crippen molar-refractivity contribution < 1.29 is 0 Å². The molecule has 1 unspecified atom stereocenters. The number of rotatable bonds is 4. The Labute approximate surface area is 129 Å². The summed E-state index contributed by atoms with van der Waals surface area (Å²) < 4.78 is 2.31. The zero-order chi connectivity index (χ0) is 14.8. The van der Waals surface area contributed by atoms with Crippen molar-refractivity contribution in [3.63, 3.8) is 0 Å². The molecule has 1 atom stereocenters. The van der Waals surface area contributed by atoms with Crippen molar-refractivity contribution >= 4 is 11.3 Å². The first-order valence-corrected chi connectivity index (χ1v) is 8.55. The van der Waals surface area contributed by atoms with Crippen LogP contribution < -0.4 is 5.32 Å². The molecule has 21 heavy (non-hydrogen) atoms. The van der Waals surface area contributed by atoms with Gasteiger partial charge in [0.2, 0.25) is 0 Å². The number of nitrogens with zero attached hydrogens (tertiary/aromatic N) is 4. The van der Waals surface area contributed by atoms with Crippen LogP contribution in [0.2, 0.25) is 0 Å². The number of hydrogen-bond donors (Lipinski definition) is 1. The lowest BCUT2D eigenvalue weighted by atomic mass is 10.2. The molecule has 2 aromatic heterocycles. The van der Waals surface area contributed by atoms with Crippen LogP contribution in [0.5, 0.6) is 0 Å². The van der Waals surface area contributed by atoms with E-state index < -0.39 is 0 Å². The number of thiazole rings is 1. The Morgan fingerprint density at radius 1 is 1.24 bits per heavy atom. The van der Waals surface area contributed by atoms with Crippen molar-refractivity contribution in [3.8, 4) is 0 Å². The summed E-state index contributed by atoms with van der Waals surface area (Å²) in [5.74, 6) is 2.23. The fourth-order valence-electron chi connectivity index (χ4n) is 2.90. The van der Waals surface area contributed by atoms with Crippen molar-refractivity contribution in [2.75, 3.05) is 0 Å². The topological polar surface area (TPSA) is 55.6 Å². The van der Waals surface area contributed by atoms with Crippen LogP contribution in [0, 0.1) is 13.8 Å². The third-order valence-electron chi connectivity index (χ3n) is 4.09. The van der Waals surface area contributed by atoms with Crippen molar-refractivity contribution in [2.45, 2.75) is 65.6 Å². The number of nitrogens with one attached hydrogen (secondary N) is 1. The first-order chi connectivity index (χ1) is 10.1. The number of hydrogen-bond acceptors (Lipinski definition) is 5. The van der Waals surface area contributed by atoms with Gasteiger partial charge in [0.1, 0.15) is 11.6 Å². The van der Waals surface area contributed by atoms with E-state index in [9.17, 15) is 0 Å². The molecule has 0 aliphatic carbocycles. The van der Waals surface area contributed by atoms with Gasteiger partial charge >= 0.3 is 0 Å². The number of aryl methyl sites for hydroxylation is 3. The molecule has 0 saturated heterocycles. The van der Waals surface area contributed by atoms with E-state index in [-0.39, 0.29) is 6.04 Å². The average molecular weight is 305 g/mol. The maximum Gasteiger partial charge on any atom is 0.149 e. The third-order valence-corrected chi connectivity index (χ3v) is 5.17. The zero-order valence-corrected chi connectivity index (χ0v) is 13.8. The molecule has 0 amide bonds. The average Bonchev–Trinajstić information content (AvgIpc) is 2.91. The van der Waals surface area contributed by atoms with Gasteiger partial charge in [-0.3, -0.25) is 0 Å². The van der Waals surface area contributed by atoms with Crippen molar-refractivity contribution in [1.29, 1.82) is 0 Å². The Morgan fingerprint density at radius 3 is 2.86 bits per heavy atom. The Hall–Kier alpha value is -1.27. The van der Waals surface area contributed by atoms with E-state index in [0.717, 1.165) is 41.9 Å². The van der Waals surface area contributed by atoms with Crippen LogP contribution in [0.25, 0.3) is 0 Å². The second-order valence-electron chi connectivity index (χ2n) is 5.78. The Bertz CT molecular complexity index is 616. The van der Waals surface area contributed by atoms with E-state index in [1.54, 1.807) is 11.3 Å². The molecule has 5 nitrogen and oxygen atoms in total. The molecule has 1 aliphatic rings. The summed E-state index contributed by atoms with van der Waals surface area (Å²) >= 11 is 1.77. The predicted molar refractivity (Wildman–Crippen MR) is 84.4 cm³/mol. The number of fused-ring (bicyclic) bond motifs is 1. The molecule has 0 saturated carbocycles. The van der Waals surface area contributed by atoms with Gasteiger partial charge in [-0.1, -0.05) is 6.42 Å². The van der Waals surface area contributed by atoms with Crippen LogP contribution in [0.1, 0.15) is 59.5 Å². The molecule has 0 bridgehead atoms. The molecule has 0 aromatic carbocycles. The molecule has 0 radical (unpaired) electrons. The van der Waals surface area contributed by atoms with Gasteiger partial charge in [0.15, 0.2) is 0 Å². The summed E-state index contributed by atoms with van der Waals surface area (Å²) in [5.41, 5.74) is 1.14. The highest BCUT2D eigenvalue weighted by Gasteiger charge is 2.19. The van der Waals surface area contributed by atoms with Gasteiger partial charge in [-0.05, 0) is 33.6 Å². The highest BCUT2D eigenvalue weighted by molar-refractivity contribution is 7.11. The maximum atomic E-state index is 4.48. The molecule has 0 fully saturated rings. The van der Waals surface area contributed by atoms with E-state index >= 15 is 0 Å². The van der Waals surface area contributed by atoms with Crippen LogP contribution in [0.3, 0.4) is 0 Å². The minimum Gasteiger partial charge on any atom is -0.314 e. The lowest BCUT2D eigenvalue weighted by Gasteiger charge is -2.14. The number of aromatic nitrogens is 4.